The Kier molecular flexibility index (Phi) is 4.18. The number of rotatable bonds is 5. The summed E-state index contributed by atoms with van der Waals surface area (Å²) >= 11 is 0. The largest absolute Gasteiger partial charge is 0.313 e. The van der Waals surface area contributed by atoms with E-state index in [0.717, 1.165) is 18.9 Å². The van der Waals surface area contributed by atoms with Gasteiger partial charge in [-0.15, -0.1) is 12.3 Å². The highest BCUT2D eigenvalue weighted by atomic mass is 14.9. The Bertz CT molecular complexity index is 153. The van der Waals surface area contributed by atoms with Gasteiger partial charge in [-0.3, -0.25) is 0 Å². The van der Waals surface area contributed by atoms with Crippen molar-refractivity contribution < 1.29 is 0 Å². The molecule has 0 aliphatic heterocycles. The SMILES string of the molecule is C#CCC(NCCC)C1CCC1. The van der Waals surface area contributed by atoms with E-state index < -0.39 is 0 Å². The second-order valence-corrected chi connectivity index (χ2v) is 3.66. The van der Waals surface area contributed by atoms with Gasteiger partial charge in [-0.05, 0) is 31.7 Å². The molecule has 0 aromatic heterocycles. The van der Waals surface area contributed by atoms with Crippen molar-refractivity contribution in [2.24, 2.45) is 5.92 Å². The lowest BCUT2D eigenvalue weighted by Gasteiger charge is -2.33. The molecule has 0 spiro atoms. The lowest BCUT2D eigenvalue weighted by Crippen LogP contribution is -2.39. The molecule has 1 atom stereocenters. The van der Waals surface area contributed by atoms with Crippen molar-refractivity contribution in [1.82, 2.24) is 5.32 Å². The normalized spacial score (nSPS) is 19.7. The predicted molar refractivity (Wildman–Crippen MR) is 52.9 cm³/mol. The molecule has 68 valence electrons. The highest BCUT2D eigenvalue weighted by molar-refractivity contribution is 4.94. The van der Waals surface area contributed by atoms with Crippen molar-refractivity contribution in [3.63, 3.8) is 0 Å². The summed E-state index contributed by atoms with van der Waals surface area (Å²) in [5.41, 5.74) is 0. The molecule has 1 rings (SSSR count). The number of hydrogen-bond acceptors (Lipinski definition) is 1. The van der Waals surface area contributed by atoms with Gasteiger partial charge in [0.2, 0.25) is 0 Å². The lowest BCUT2D eigenvalue weighted by molar-refractivity contribution is 0.231. The maximum atomic E-state index is 5.33. The van der Waals surface area contributed by atoms with E-state index in [0.29, 0.717) is 6.04 Å². The Labute approximate surface area is 75.9 Å². The molecule has 0 aromatic rings. The maximum absolute atomic E-state index is 5.33. The molecule has 1 aliphatic carbocycles. The van der Waals surface area contributed by atoms with Crippen LogP contribution in [0.25, 0.3) is 0 Å². The first-order valence-corrected chi connectivity index (χ1v) is 5.05. The lowest BCUT2D eigenvalue weighted by atomic mass is 9.78. The van der Waals surface area contributed by atoms with Crippen LogP contribution in [-0.4, -0.2) is 12.6 Å². The molecule has 0 amide bonds. The zero-order valence-corrected chi connectivity index (χ0v) is 7.97. The molecule has 1 N–H and O–H groups in total. The Balaban J connectivity index is 2.22. The minimum atomic E-state index is 0.601. The summed E-state index contributed by atoms with van der Waals surface area (Å²) in [5.74, 6) is 3.63. The summed E-state index contributed by atoms with van der Waals surface area (Å²) in [4.78, 5) is 0. The minimum Gasteiger partial charge on any atom is -0.313 e. The van der Waals surface area contributed by atoms with Crippen molar-refractivity contribution in [3.05, 3.63) is 0 Å². The topological polar surface area (TPSA) is 12.0 Å². The van der Waals surface area contributed by atoms with E-state index in [1.165, 1.54) is 25.7 Å². The molecule has 12 heavy (non-hydrogen) atoms. The fourth-order valence-electron chi connectivity index (χ4n) is 1.70. The fourth-order valence-corrected chi connectivity index (χ4v) is 1.70. The monoisotopic (exact) mass is 165 g/mol. The van der Waals surface area contributed by atoms with Crippen molar-refractivity contribution in [3.8, 4) is 12.3 Å². The summed E-state index contributed by atoms with van der Waals surface area (Å²) < 4.78 is 0. The minimum absolute atomic E-state index is 0.601. The molecule has 1 heteroatoms. The van der Waals surface area contributed by atoms with Crippen LogP contribution in [0.4, 0.5) is 0 Å². The van der Waals surface area contributed by atoms with E-state index in [1.54, 1.807) is 0 Å². The van der Waals surface area contributed by atoms with Gasteiger partial charge in [-0.1, -0.05) is 13.3 Å². The van der Waals surface area contributed by atoms with Crippen LogP contribution in [0.2, 0.25) is 0 Å². The van der Waals surface area contributed by atoms with E-state index in [1.807, 2.05) is 0 Å². The van der Waals surface area contributed by atoms with Gasteiger partial charge in [-0.2, -0.15) is 0 Å². The smallest absolute Gasteiger partial charge is 0.0243 e. The van der Waals surface area contributed by atoms with Crippen LogP contribution in [0.15, 0.2) is 0 Å². The van der Waals surface area contributed by atoms with Crippen LogP contribution >= 0.6 is 0 Å². The van der Waals surface area contributed by atoms with Crippen LogP contribution in [0.5, 0.6) is 0 Å². The van der Waals surface area contributed by atoms with Crippen LogP contribution < -0.4 is 5.32 Å². The molecule has 1 aliphatic rings. The zero-order valence-electron chi connectivity index (χ0n) is 7.97. The Morgan fingerprint density at radius 1 is 1.58 bits per heavy atom. The van der Waals surface area contributed by atoms with E-state index in [4.69, 9.17) is 6.42 Å². The molecule has 0 aromatic carbocycles. The first-order valence-electron chi connectivity index (χ1n) is 5.05. The van der Waals surface area contributed by atoms with Crippen LogP contribution in [0.1, 0.15) is 39.0 Å². The van der Waals surface area contributed by atoms with Crippen LogP contribution in [0.3, 0.4) is 0 Å². The van der Waals surface area contributed by atoms with E-state index in [-0.39, 0.29) is 0 Å². The third-order valence-corrected chi connectivity index (χ3v) is 2.71. The molecule has 0 saturated heterocycles. The summed E-state index contributed by atoms with van der Waals surface area (Å²) in [6.07, 6.45) is 11.6. The van der Waals surface area contributed by atoms with Crippen molar-refractivity contribution in [2.75, 3.05) is 6.54 Å². The van der Waals surface area contributed by atoms with Gasteiger partial charge in [0.25, 0.3) is 0 Å². The number of terminal acetylenes is 1. The molecule has 0 heterocycles. The van der Waals surface area contributed by atoms with E-state index in [2.05, 4.69) is 18.2 Å². The Morgan fingerprint density at radius 3 is 2.75 bits per heavy atom. The van der Waals surface area contributed by atoms with Crippen molar-refractivity contribution in [2.45, 2.75) is 45.1 Å². The summed E-state index contributed by atoms with van der Waals surface area (Å²) in [7, 11) is 0. The predicted octanol–water partition coefficient (Wildman–Crippen LogP) is 2.18. The summed E-state index contributed by atoms with van der Waals surface area (Å²) in [5, 5.41) is 3.53. The Hall–Kier alpha value is -0.480. The Morgan fingerprint density at radius 2 is 2.33 bits per heavy atom. The van der Waals surface area contributed by atoms with Gasteiger partial charge < -0.3 is 5.32 Å². The van der Waals surface area contributed by atoms with Gasteiger partial charge in [0.05, 0.1) is 0 Å². The zero-order chi connectivity index (χ0) is 8.81. The number of hydrogen-bond donors (Lipinski definition) is 1. The average Bonchev–Trinajstić information content (AvgIpc) is 1.97. The first-order chi connectivity index (χ1) is 5.88. The van der Waals surface area contributed by atoms with E-state index >= 15 is 0 Å². The van der Waals surface area contributed by atoms with Crippen molar-refractivity contribution >= 4 is 0 Å². The molecular weight excluding hydrogens is 146 g/mol. The van der Waals surface area contributed by atoms with Crippen molar-refractivity contribution in [1.29, 1.82) is 0 Å². The van der Waals surface area contributed by atoms with Crippen LogP contribution in [0, 0.1) is 18.3 Å². The highest BCUT2D eigenvalue weighted by Crippen LogP contribution is 2.30. The second-order valence-electron chi connectivity index (χ2n) is 3.66. The van der Waals surface area contributed by atoms with Gasteiger partial charge in [0.15, 0.2) is 0 Å². The fraction of sp³-hybridized carbons (Fsp3) is 0.818. The quantitative estimate of drug-likeness (QED) is 0.616. The molecule has 0 radical (unpaired) electrons. The van der Waals surface area contributed by atoms with Crippen LogP contribution in [-0.2, 0) is 0 Å². The second kappa shape index (κ2) is 5.22. The number of nitrogens with one attached hydrogen (secondary N) is 1. The first kappa shape index (κ1) is 9.61. The molecule has 1 nitrogen and oxygen atoms in total. The van der Waals surface area contributed by atoms with Gasteiger partial charge in [-0.25, -0.2) is 0 Å². The molecule has 1 fully saturated rings. The highest BCUT2D eigenvalue weighted by Gasteiger charge is 2.25. The third-order valence-electron chi connectivity index (χ3n) is 2.71. The third kappa shape index (κ3) is 2.53. The van der Waals surface area contributed by atoms with Gasteiger partial charge in [0, 0.05) is 12.5 Å². The van der Waals surface area contributed by atoms with Gasteiger partial charge in [0.1, 0.15) is 0 Å². The summed E-state index contributed by atoms with van der Waals surface area (Å²) in [6.45, 7) is 3.31. The summed E-state index contributed by atoms with van der Waals surface area (Å²) in [6, 6.07) is 0.601. The molecular formula is C11H19N. The molecule has 0 bridgehead atoms. The van der Waals surface area contributed by atoms with Gasteiger partial charge >= 0.3 is 0 Å². The van der Waals surface area contributed by atoms with E-state index in [9.17, 15) is 0 Å². The maximum Gasteiger partial charge on any atom is 0.0243 e. The molecule has 1 saturated carbocycles. The standard InChI is InChI=1S/C11H19N/c1-3-6-11(12-9-4-2)10-7-5-8-10/h1,10-12H,4-9H2,2H3. The molecule has 1 unspecified atom stereocenters. The average molecular weight is 165 g/mol.